The van der Waals surface area contributed by atoms with Gasteiger partial charge in [-0.25, -0.2) is 4.98 Å². The molecule has 30 heavy (non-hydrogen) atoms. The van der Waals surface area contributed by atoms with Gasteiger partial charge in [-0.05, 0) is 42.0 Å². The number of nitrogens with zero attached hydrogens (tertiary/aromatic N) is 2. The second-order valence-electron chi connectivity index (χ2n) is 6.58. The van der Waals surface area contributed by atoms with E-state index in [1.165, 1.54) is 16.3 Å². The predicted molar refractivity (Wildman–Crippen MR) is 121 cm³/mol. The number of amides is 1. The van der Waals surface area contributed by atoms with Crippen LogP contribution in [0.25, 0.3) is 16.6 Å². The van der Waals surface area contributed by atoms with Crippen molar-refractivity contribution in [1.82, 2.24) is 14.9 Å². The van der Waals surface area contributed by atoms with Crippen molar-refractivity contribution in [2.24, 2.45) is 0 Å². The lowest BCUT2D eigenvalue weighted by Gasteiger charge is -2.13. The van der Waals surface area contributed by atoms with Crippen molar-refractivity contribution in [2.75, 3.05) is 5.75 Å². The van der Waals surface area contributed by atoms with Crippen molar-refractivity contribution >= 4 is 40.2 Å². The molecule has 0 saturated carbocycles. The molecule has 5 nitrogen and oxygen atoms in total. The molecule has 0 aliphatic carbocycles. The zero-order valence-corrected chi connectivity index (χ0v) is 17.5. The second-order valence-corrected chi connectivity index (χ2v) is 7.96. The molecule has 0 unspecified atom stereocenters. The third-order valence-corrected chi connectivity index (χ3v) is 5.69. The van der Waals surface area contributed by atoms with Crippen LogP contribution in [0.3, 0.4) is 0 Å². The monoisotopic (exact) mass is 435 g/mol. The van der Waals surface area contributed by atoms with Crippen LogP contribution in [0.2, 0.25) is 5.02 Å². The third kappa shape index (κ3) is 4.56. The minimum atomic E-state index is -0.185. The van der Waals surface area contributed by atoms with Gasteiger partial charge in [0.2, 0.25) is 5.91 Å². The summed E-state index contributed by atoms with van der Waals surface area (Å²) in [5.41, 5.74) is 2.09. The minimum absolute atomic E-state index is 0.131. The molecule has 0 fully saturated rings. The first-order valence-electron chi connectivity index (χ1n) is 9.33. The van der Waals surface area contributed by atoms with Crippen LogP contribution >= 0.6 is 23.4 Å². The number of carbonyl (C=O) groups is 1. The smallest absolute Gasteiger partial charge is 0.266 e. The maximum absolute atomic E-state index is 13.2. The van der Waals surface area contributed by atoms with Crippen LogP contribution in [0.5, 0.6) is 0 Å². The van der Waals surface area contributed by atoms with Gasteiger partial charge in [-0.2, -0.15) is 0 Å². The van der Waals surface area contributed by atoms with E-state index in [4.69, 9.17) is 11.6 Å². The van der Waals surface area contributed by atoms with Crippen LogP contribution in [0.4, 0.5) is 0 Å². The number of thioether (sulfide) groups is 1. The Kier molecular flexibility index (Phi) is 6.16. The van der Waals surface area contributed by atoms with E-state index in [-0.39, 0.29) is 17.2 Å². The number of carbonyl (C=O) groups excluding carboxylic acids is 1. The largest absolute Gasteiger partial charge is 0.351 e. The summed E-state index contributed by atoms with van der Waals surface area (Å²) in [6, 6.07) is 23.9. The van der Waals surface area contributed by atoms with E-state index in [9.17, 15) is 9.59 Å². The van der Waals surface area contributed by atoms with E-state index in [1.54, 1.807) is 36.4 Å². The van der Waals surface area contributed by atoms with Gasteiger partial charge in [0.25, 0.3) is 5.56 Å². The SMILES string of the molecule is O=C(CSc1nc2ccccc2c(=O)n1-c1ccc(Cl)cc1)NCc1ccccc1. The second kappa shape index (κ2) is 9.15. The first-order valence-corrected chi connectivity index (χ1v) is 10.7. The first-order chi connectivity index (χ1) is 14.6. The highest BCUT2D eigenvalue weighted by atomic mass is 35.5. The molecule has 1 N–H and O–H groups in total. The summed E-state index contributed by atoms with van der Waals surface area (Å²) in [5.74, 6) is 0.0134. The number of nitrogens with one attached hydrogen (secondary N) is 1. The molecule has 7 heteroatoms. The molecule has 0 aliphatic heterocycles. The van der Waals surface area contributed by atoms with Gasteiger partial charge in [0.1, 0.15) is 0 Å². The van der Waals surface area contributed by atoms with Gasteiger partial charge < -0.3 is 5.32 Å². The molecule has 150 valence electrons. The molecule has 4 aromatic rings. The highest BCUT2D eigenvalue weighted by Crippen LogP contribution is 2.22. The number of benzene rings is 3. The molecule has 0 spiro atoms. The quantitative estimate of drug-likeness (QED) is 0.359. The number of fused-ring (bicyclic) bond motifs is 1. The molecule has 4 rings (SSSR count). The van der Waals surface area contributed by atoms with E-state index in [0.717, 1.165) is 5.56 Å². The fourth-order valence-corrected chi connectivity index (χ4v) is 3.97. The van der Waals surface area contributed by atoms with Gasteiger partial charge in [0.05, 0.1) is 22.3 Å². The molecule has 0 saturated heterocycles. The van der Waals surface area contributed by atoms with Crippen molar-refractivity contribution in [3.05, 3.63) is 99.8 Å². The maximum Gasteiger partial charge on any atom is 0.266 e. The summed E-state index contributed by atoms with van der Waals surface area (Å²) in [7, 11) is 0. The Morgan fingerprint density at radius 3 is 2.43 bits per heavy atom. The van der Waals surface area contributed by atoms with Gasteiger partial charge in [0.15, 0.2) is 5.16 Å². The predicted octanol–water partition coefficient (Wildman–Crippen LogP) is 4.45. The third-order valence-electron chi connectivity index (χ3n) is 4.49. The summed E-state index contributed by atoms with van der Waals surface area (Å²) in [6.07, 6.45) is 0. The van der Waals surface area contributed by atoms with Gasteiger partial charge in [-0.15, -0.1) is 0 Å². The van der Waals surface area contributed by atoms with Crippen molar-refractivity contribution < 1.29 is 4.79 Å². The van der Waals surface area contributed by atoms with E-state index < -0.39 is 0 Å². The average molecular weight is 436 g/mol. The Balaban J connectivity index is 1.60. The Bertz CT molecular complexity index is 1240. The molecule has 0 atom stereocenters. The van der Waals surface area contributed by atoms with E-state index >= 15 is 0 Å². The summed E-state index contributed by atoms with van der Waals surface area (Å²) in [6.45, 7) is 0.454. The summed E-state index contributed by atoms with van der Waals surface area (Å²) < 4.78 is 1.52. The lowest BCUT2D eigenvalue weighted by molar-refractivity contribution is -0.118. The number of hydrogen-bond acceptors (Lipinski definition) is 4. The molecule has 0 aliphatic rings. The van der Waals surface area contributed by atoms with Gasteiger partial charge >= 0.3 is 0 Å². The molecule has 0 radical (unpaired) electrons. The molecule has 1 aromatic heterocycles. The molecule has 1 amide bonds. The Labute approximate surface area is 182 Å². The highest BCUT2D eigenvalue weighted by molar-refractivity contribution is 7.99. The Morgan fingerprint density at radius 2 is 1.67 bits per heavy atom. The van der Waals surface area contributed by atoms with Crippen LogP contribution in [0.15, 0.2) is 88.8 Å². The molecular weight excluding hydrogens is 418 g/mol. The van der Waals surface area contributed by atoms with Crippen LogP contribution in [-0.2, 0) is 11.3 Å². The van der Waals surface area contributed by atoms with Gasteiger partial charge in [0, 0.05) is 11.6 Å². The normalized spacial score (nSPS) is 10.8. The van der Waals surface area contributed by atoms with E-state index in [0.29, 0.717) is 33.3 Å². The topological polar surface area (TPSA) is 64.0 Å². The Morgan fingerprint density at radius 1 is 0.967 bits per heavy atom. The Hall–Kier alpha value is -3.09. The maximum atomic E-state index is 13.2. The zero-order chi connectivity index (χ0) is 20.9. The van der Waals surface area contributed by atoms with Crippen molar-refractivity contribution in [3.8, 4) is 5.69 Å². The number of aromatic nitrogens is 2. The number of halogens is 1. The fraction of sp³-hybridized carbons (Fsp3) is 0.0870. The summed E-state index contributed by atoms with van der Waals surface area (Å²) >= 11 is 7.23. The minimum Gasteiger partial charge on any atom is -0.351 e. The van der Waals surface area contributed by atoms with Crippen LogP contribution in [-0.4, -0.2) is 21.2 Å². The van der Waals surface area contributed by atoms with E-state index in [2.05, 4.69) is 10.3 Å². The first kappa shape index (κ1) is 20.2. The van der Waals surface area contributed by atoms with Crippen molar-refractivity contribution in [3.63, 3.8) is 0 Å². The number of para-hydroxylation sites is 1. The van der Waals surface area contributed by atoms with Crippen molar-refractivity contribution in [2.45, 2.75) is 11.7 Å². The summed E-state index contributed by atoms with van der Waals surface area (Å²) in [4.78, 5) is 30.2. The molecule has 1 heterocycles. The summed E-state index contributed by atoms with van der Waals surface area (Å²) in [5, 5.41) is 4.45. The molecule has 0 bridgehead atoms. The van der Waals surface area contributed by atoms with Gasteiger partial charge in [-0.1, -0.05) is 65.8 Å². The number of rotatable bonds is 6. The van der Waals surface area contributed by atoms with Crippen LogP contribution in [0.1, 0.15) is 5.56 Å². The van der Waals surface area contributed by atoms with Crippen LogP contribution < -0.4 is 10.9 Å². The van der Waals surface area contributed by atoms with Crippen molar-refractivity contribution in [1.29, 1.82) is 0 Å². The lowest BCUT2D eigenvalue weighted by Crippen LogP contribution is -2.26. The van der Waals surface area contributed by atoms with Crippen LogP contribution in [0, 0.1) is 0 Å². The molecule has 3 aromatic carbocycles. The lowest BCUT2D eigenvalue weighted by atomic mass is 10.2. The molecular formula is C23H18ClN3O2S. The van der Waals surface area contributed by atoms with E-state index in [1.807, 2.05) is 42.5 Å². The fourth-order valence-electron chi connectivity index (χ4n) is 3.00. The standard InChI is InChI=1S/C23H18ClN3O2S/c24-17-10-12-18(13-11-17)27-22(29)19-8-4-5-9-20(19)26-23(27)30-15-21(28)25-14-16-6-2-1-3-7-16/h1-13H,14-15H2,(H,25,28). The number of hydrogen-bond donors (Lipinski definition) is 1. The zero-order valence-electron chi connectivity index (χ0n) is 15.9. The average Bonchev–Trinajstić information content (AvgIpc) is 2.78. The highest BCUT2D eigenvalue weighted by Gasteiger charge is 2.14. The van der Waals surface area contributed by atoms with Gasteiger partial charge in [-0.3, -0.25) is 14.2 Å².